The Morgan fingerprint density at radius 3 is 2.57 bits per heavy atom. The molecule has 0 spiro atoms. The molecule has 262 valence electrons. The van der Waals surface area contributed by atoms with Gasteiger partial charge in [0.1, 0.15) is 58.3 Å². The van der Waals surface area contributed by atoms with Gasteiger partial charge in [-0.3, -0.25) is 14.6 Å². The van der Waals surface area contributed by atoms with Crippen LogP contribution in [-0.4, -0.2) is 54.2 Å². The van der Waals surface area contributed by atoms with Crippen LogP contribution in [0.4, 0.5) is 23.2 Å². The van der Waals surface area contributed by atoms with Crippen molar-refractivity contribution in [1.82, 2.24) is 10.3 Å². The minimum Gasteiger partial charge on any atom is -0.495 e. The molecule has 1 aromatic heterocycles. The van der Waals surface area contributed by atoms with Crippen LogP contribution in [0.5, 0.6) is 11.5 Å². The molecule has 1 aliphatic heterocycles. The highest BCUT2D eigenvalue weighted by atomic mass is 19.2. The number of fused-ring (bicyclic) bond motifs is 1. The van der Waals surface area contributed by atoms with Crippen LogP contribution >= 0.6 is 0 Å². The number of aromatic nitrogens is 1. The third-order valence-corrected chi connectivity index (χ3v) is 9.03. The Hall–Kier alpha value is -6.01. The standard InChI is InChI=1S/C36H30F4N6O5/c1-34(33(43)48)17-51-31-24(34)13-28(46-30(31)23-12-25(38)19(14-41)9-26(23)39)36(49,21-4-3-5-22(37)11-21)16-44-32(47)18-8-20(15-45-35(40)6-7-35)29(42)27(10-18)50-2/h3-5,8-13,15,49H,6-7,16-17,42H2,1-2H3,(H2,43,48)(H,44,47)/t34-,36?/m0/s1. The van der Waals surface area contributed by atoms with Gasteiger partial charge in [0.25, 0.3) is 5.91 Å². The predicted octanol–water partition coefficient (Wildman–Crippen LogP) is 4.31. The maximum Gasteiger partial charge on any atom is 0.251 e. The Bertz CT molecular complexity index is 2190. The van der Waals surface area contributed by atoms with E-state index in [0.29, 0.717) is 6.07 Å². The highest BCUT2D eigenvalue weighted by Gasteiger charge is 2.46. The van der Waals surface area contributed by atoms with Gasteiger partial charge in [-0.15, -0.1) is 0 Å². The molecule has 1 aliphatic carbocycles. The second kappa shape index (κ2) is 12.7. The van der Waals surface area contributed by atoms with Crippen LogP contribution < -0.4 is 26.3 Å². The number of alkyl halides is 1. The van der Waals surface area contributed by atoms with E-state index in [9.17, 15) is 33.1 Å². The van der Waals surface area contributed by atoms with E-state index >= 15 is 4.39 Å². The highest BCUT2D eigenvalue weighted by molar-refractivity contribution is 5.99. The lowest BCUT2D eigenvalue weighted by molar-refractivity contribution is -0.123. The Balaban J connectivity index is 1.48. The van der Waals surface area contributed by atoms with Gasteiger partial charge in [0.15, 0.2) is 5.79 Å². The Morgan fingerprint density at radius 2 is 1.92 bits per heavy atom. The van der Waals surface area contributed by atoms with Gasteiger partial charge >= 0.3 is 0 Å². The van der Waals surface area contributed by atoms with Gasteiger partial charge in [-0.25, -0.2) is 22.5 Å². The van der Waals surface area contributed by atoms with Crippen molar-refractivity contribution in [1.29, 1.82) is 5.26 Å². The number of amides is 2. The van der Waals surface area contributed by atoms with Crippen molar-refractivity contribution in [3.05, 3.63) is 106 Å². The number of halogens is 4. The van der Waals surface area contributed by atoms with Crippen LogP contribution in [0.1, 0.15) is 58.1 Å². The molecular formula is C36H30F4N6O5. The number of carbonyl (C=O) groups is 2. The van der Waals surface area contributed by atoms with E-state index in [1.165, 1.54) is 50.6 Å². The monoisotopic (exact) mass is 702 g/mol. The van der Waals surface area contributed by atoms with E-state index < -0.39 is 63.7 Å². The summed E-state index contributed by atoms with van der Waals surface area (Å²) in [6.07, 6.45) is 1.69. The number of hydrogen-bond donors (Lipinski definition) is 4. The highest BCUT2D eigenvalue weighted by Crippen LogP contribution is 2.47. The molecule has 6 rings (SSSR count). The van der Waals surface area contributed by atoms with Crippen molar-refractivity contribution in [2.24, 2.45) is 10.7 Å². The number of aliphatic imine (C=N–C) groups is 1. The summed E-state index contributed by atoms with van der Waals surface area (Å²) in [6.45, 7) is 0.429. The van der Waals surface area contributed by atoms with E-state index in [1.54, 1.807) is 6.07 Å². The largest absolute Gasteiger partial charge is 0.495 e. The number of methoxy groups -OCH3 is 1. The maximum absolute atomic E-state index is 15.5. The molecule has 2 aliphatic rings. The van der Waals surface area contributed by atoms with Crippen LogP contribution in [0.15, 0.2) is 59.6 Å². The summed E-state index contributed by atoms with van der Waals surface area (Å²) in [7, 11) is 1.32. The summed E-state index contributed by atoms with van der Waals surface area (Å²) < 4.78 is 70.4. The van der Waals surface area contributed by atoms with Crippen molar-refractivity contribution in [2.45, 2.75) is 36.6 Å². The molecule has 3 aromatic carbocycles. The van der Waals surface area contributed by atoms with Gasteiger partial charge in [0, 0.05) is 41.3 Å². The number of benzene rings is 3. The van der Waals surface area contributed by atoms with Crippen molar-refractivity contribution in [2.75, 3.05) is 26.0 Å². The molecule has 0 saturated heterocycles. The normalized spacial score (nSPS) is 18.3. The molecular weight excluding hydrogens is 672 g/mol. The minimum atomic E-state index is -2.40. The zero-order chi connectivity index (χ0) is 36.9. The first kappa shape index (κ1) is 34.8. The number of aliphatic hydroxyl groups is 1. The summed E-state index contributed by atoms with van der Waals surface area (Å²) in [4.78, 5) is 34.7. The van der Waals surface area contributed by atoms with Gasteiger partial charge in [-0.2, -0.15) is 5.26 Å². The summed E-state index contributed by atoms with van der Waals surface area (Å²) in [5.41, 5.74) is 6.38. The average Bonchev–Trinajstić information content (AvgIpc) is 3.75. The van der Waals surface area contributed by atoms with Crippen molar-refractivity contribution < 1.29 is 41.7 Å². The molecule has 1 saturated carbocycles. The number of nitrogen functional groups attached to an aromatic ring is 1. The first-order chi connectivity index (χ1) is 24.1. The fourth-order valence-corrected chi connectivity index (χ4v) is 5.66. The van der Waals surface area contributed by atoms with Crippen molar-refractivity contribution in [3.63, 3.8) is 0 Å². The third-order valence-electron chi connectivity index (χ3n) is 9.03. The van der Waals surface area contributed by atoms with E-state index in [4.69, 9.17) is 20.9 Å². The minimum absolute atomic E-state index is 0.0276. The number of nitrogens with zero attached hydrogens (tertiary/aromatic N) is 3. The lowest BCUT2D eigenvalue weighted by Gasteiger charge is -2.30. The van der Waals surface area contributed by atoms with Crippen LogP contribution in [0.3, 0.4) is 0 Å². The van der Waals surface area contributed by atoms with Crippen LogP contribution in [-0.2, 0) is 15.8 Å². The summed E-state index contributed by atoms with van der Waals surface area (Å²) >= 11 is 0. The van der Waals surface area contributed by atoms with Gasteiger partial charge in [-0.05, 0) is 55.0 Å². The summed E-state index contributed by atoms with van der Waals surface area (Å²) in [5, 5.41) is 24.3. The lowest BCUT2D eigenvalue weighted by atomic mass is 9.80. The molecule has 6 N–H and O–H groups in total. The van der Waals surface area contributed by atoms with E-state index in [0.717, 1.165) is 18.2 Å². The molecule has 2 atom stereocenters. The number of rotatable bonds is 10. The Kier molecular flexibility index (Phi) is 8.68. The van der Waals surface area contributed by atoms with Crippen molar-refractivity contribution in [3.8, 4) is 28.8 Å². The van der Waals surface area contributed by atoms with E-state index in [2.05, 4.69) is 15.3 Å². The second-order valence-corrected chi connectivity index (χ2v) is 12.6. The molecule has 1 unspecified atom stereocenters. The average molecular weight is 703 g/mol. The second-order valence-electron chi connectivity index (χ2n) is 12.6. The van der Waals surface area contributed by atoms with E-state index in [-0.39, 0.29) is 70.3 Å². The Labute approximate surface area is 288 Å². The quantitative estimate of drug-likeness (QED) is 0.0815. The fourth-order valence-electron chi connectivity index (χ4n) is 5.66. The number of pyridine rings is 1. The van der Waals surface area contributed by atoms with E-state index in [1.807, 2.05) is 0 Å². The summed E-state index contributed by atoms with van der Waals surface area (Å²) in [5.74, 6) is -6.32. The first-order valence-electron chi connectivity index (χ1n) is 15.5. The zero-order valence-electron chi connectivity index (χ0n) is 27.2. The lowest BCUT2D eigenvalue weighted by Crippen LogP contribution is -2.43. The number of primary amides is 1. The molecule has 15 heteroatoms. The molecule has 2 heterocycles. The molecule has 2 amide bonds. The molecule has 0 bridgehead atoms. The van der Waals surface area contributed by atoms with Gasteiger partial charge in [-0.1, -0.05) is 12.1 Å². The number of carbonyl (C=O) groups excluding carboxylic acids is 2. The smallest absolute Gasteiger partial charge is 0.251 e. The molecule has 51 heavy (non-hydrogen) atoms. The fraction of sp³-hybridized carbons (Fsp3) is 0.250. The summed E-state index contributed by atoms with van der Waals surface area (Å²) in [6, 6.07) is 11.6. The first-order valence-corrected chi connectivity index (χ1v) is 15.5. The third kappa shape index (κ3) is 6.30. The van der Waals surface area contributed by atoms with Crippen LogP contribution in [0.25, 0.3) is 11.3 Å². The van der Waals surface area contributed by atoms with Crippen molar-refractivity contribution >= 4 is 23.7 Å². The predicted molar refractivity (Wildman–Crippen MR) is 176 cm³/mol. The van der Waals surface area contributed by atoms with Crippen LogP contribution in [0.2, 0.25) is 0 Å². The SMILES string of the molecule is COc1cc(C(=O)NCC(O)(c2cccc(F)c2)c2cc3c(c(-c4cc(F)c(C#N)cc4F)n2)OC[C@]3(C)C(N)=O)cc(C=NC2(F)CC2)c1N. The van der Waals surface area contributed by atoms with Gasteiger partial charge in [0.05, 0.1) is 30.6 Å². The number of nitriles is 1. The maximum atomic E-state index is 15.5. The van der Waals surface area contributed by atoms with Gasteiger partial charge < -0.3 is 31.4 Å². The number of anilines is 1. The molecule has 1 fully saturated rings. The molecule has 4 aromatic rings. The zero-order valence-corrected chi connectivity index (χ0v) is 27.2. The number of nitrogens with two attached hydrogens (primary N) is 2. The Morgan fingerprint density at radius 1 is 1.18 bits per heavy atom. The topological polar surface area (TPSA) is 186 Å². The number of ether oxygens (including phenoxy) is 2. The molecule has 11 nitrogen and oxygen atoms in total. The number of hydrogen-bond acceptors (Lipinski definition) is 9. The van der Waals surface area contributed by atoms with Crippen LogP contribution in [0, 0.1) is 28.8 Å². The number of nitrogens with one attached hydrogen (secondary N) is 1. The molecule has 0 radical (unpaired) electrons. The van der Waals surface area contributed by atoms with Gasteiger partial charge in [0.2, 0.25) is 5.91 Å².